The maximum atomic E-state index is 12.8. The zero-order chi connectivity index (χ0) is 19.1. The lowest BCUT2D eigenvalue weighted by molar-refractivity contribution is -0.127. The highest BCUT2D eigenvalue weighted by Gasteiger charge is 2.31. The van der Waals surface area contributed by atoms with E-state index in [0.29, 0.717) is 31.5 Å². The van der Waals surface area contributed by atoms with Crippen LogP contribution in [0.4, 0.5) is 0 Å². The van der Waals surface area contributed by atoms with Crippen LogP contribution in [-0.2, 0) is 11.3 Å². The Balaban J connectivity index is 1.71. The number of amides is 1. The fourth-order valence-electron chi connectivity index (χ4n) is 2.89. The molecule has 0 saturated heterocycles. The smallest absolute Gasteiger partial charge is 0.247 e. The SMILES string of the molecule is CCOc1ccc(/C=C/C(=O)N(Cc2ccncc2)C2CC2)cc1OCC. The van der Waals surface area contributed by atoms with E-state index in [1.54, 1.807) is 18.5 Å². The number of aromatic nitrogens is 1. The Bertz CT molecular complexity index is 785. The molecule has 0 spiro atoms. The van der Waals surface area contributed by atoms with Crippen LogP contribution in [0.2, 0.25) is 0 Å². The zero-order valence-corrected chi connectivity index (χ0v) is 15.9. The number of nitrogens with zero attached hydrogens (tertiary/aromatic N) is 2. The molecule has 1 amide bonds. The molecule has 5 nitrogen and oxygen atoms in total. The van der Waals surface area contributed by atoms with Crippen LogP contribution >= 0.6 is 0 Å². The third kappa shape index (κ3) is 5.33. The van der Waals surface area contributed by atoms with E-state index in [1.165, 1.54) is 0 Å². The summed E-state index contributed by atoms with van der Waals surface area (Å²) in [6, 6.07) is 9.97. The molecular weight excluding hydrogens is 340 g/mol. The van der Waals surface area contributed by atoms with Gasteiger partial charge in [0.25, 0.3) is 0 Å². The third-order valence-corrected chi connectivity index (χ3v) is 4.36. The molecule has 0 unspecified atom stereocenters. The minimum atomic E-state index is 0.0288. The molecule has 5 heteroatoms. The first-order valence-corrected chi connectivity index (χ1v) is 9.48. The minimum Gasteiger partial charge on any atom is -0.490 e. The van der Waals surface area contributed by atoms with Crippen LogP contribution in [0.25, 0.3) is 6.08 Å². The fraction of sp³-hybridized carbons (Fsp3) is 0.364. The summed E-state index contributed by atoms with van der Waals surface area (Å²) in [6.45, 7) is 5.64. The van der Waals surface area contributed by atoms with E-state index >= 15 is 0 Å². The van der Waals surface area contributed by atoms with Crippen molar-refractivity contribution in [1.29, 1.82) is 0 Å². The lowest BCUT2D eigenvalue weighted by Crippen LogP contribution is -2.31. The van der Waals surface area contributed by atoms with Crippen LogP contribution in [0, 0.1) is 0 Å². The van der Waals surface area contributed by atoms with E-state index in [0.717, 1.165) is 29.7 Å². The summed E-state index contributed by atoms with van der Waals surface area (Å²) in [5.74, 6) is 1.45. The van der Waals surface area contributed by atoms with E-state index in [1.807, 2.05) is 55.2 Å². The molecule has 0 radical (unpaired) electrons. The molecule has 1 aromatic carbocycles. The molecule has 142 valence electrons. The lowest BCUT2D eigenvalue weighted by Gasteiger charge is -2.20. The maximum Gasteiger partial charge on any atom is 0.247 e. The van der Waals surface area contributed by atoms with Gasteiger partial charge in [0.1, 0.15) is 0 Å². The average Bonchev–Trinajstić information content (AvgIpc) is 3.52. The number of carbonyl (C=O) groups excluding carboxylic acids is 1. The van der Waals surface area contributed by atoms with Crippen LogP contribution in [-0.4, -0.2) is 35.0 Å². The lowest BCUT2D eigenvalue weighted by atomic mass is 10.1. The zero-order valence-electron chi connectivity index (χ0n) is 15.9. The highest BCUT2D eigenvalue weighted by molar-refractivity contribution is 5.92. The molecule has 1 saturated carbocycles. The number of ether oxygens (including phenoxy) is 2. The fourth-order valence-corrected chi connectivity index (χ4v) is 2.89. The average molecular weight is 366 g/mol. The van der Waals surface area contributed by atoms with Gasteiger partial charge in [-0.25, -0.2) is 0 Å². The van der Waals surface area contributed by atoms with Crippen LogP contribution in [0.15, 0.2) is 48.8 Å². The Kier molecular flexibility index (Phi) is 6.47. The van der Waals surface area contributed by atoms with Crippen LogP contribution in [0.3, 0.4) is 0 Å². The van der Waals surface area contributed by atoms with Crippen molar-refractivity contribution in [3.05, 3.63) is 59.9 Å². The molecule has 0 atom stereocenters. The van der Waals surface area contributed by atoms with Gasteiger partial charge in [0, 0.05) is 31.1 Å². The molecule has 1 aromatic heterocycles. The van der Waals surface area contributed by atoms with Crippen molar-refractivity contribution in [3.63, 3.8) is 0 Å². The van der Waals surface area contributed by atoms with E-state index in [-0.39, 0.29) is 5.91 Å². The van der Waals surface area contributed by atoms with Crippen LogP contribution in [0.5, 0.6) is 11.5 Å². The second-order valence-electron chi connectivity index (χ2n) is 6.46. The van der Waals surface area contributed by atoms with Crippen LogP contribution < -0.4 is 9.47 Å². The van der Waals surface area contributed by atoms with Gasteiger partial charge < -0.3 is 14.4 Å². The molecule has 2 aromatic rings. The van der Waals surface area contributed by atoms with E-state index in [4.69, 9.17) is 9.47 Å². The summed E-state index contributed by atoms with van der Waals surface area (Å²) in [4.78, 5) is 18.7. The first-order valence-electron chi connectivity index (χ1n) is 9.48. The van der Waals surface area contributed by atoms with Crippen molar-refractivity contribution >= 4 is 12.0 Å². The van der Waals surface area contributed by atoms with Crippen molar-refractivity contribution in [1.82, 2.24) is 9.88 Å². The Morgan fingerprint density at radius 1 is 1.11 bits per heavy atom. The predicted octanol–water partition coefficient (Wildman–Crippen LogP) is 4.08. The second-order valence-corrected chi connectivity index (χ2v) is 6.46. The number of carbonyl (C=O) groups is 1. The van der Waals surface area contributed by atoms with Gasteiger partial charge in [0.2, 0.25) is 5.91 Å². The highest BCUT2D eigenvalue weighted by atomic mass is 16.5. The van der Waals surface area contributed by atoms with Crippen molar-refractivity contribution < 1.29 is 14.3 Å². The Morgan fingerprint density at radius 2 is 1.81 bits per heavy atom. The topological polar surface area (TPSA) is 51.7 Å². The predicted molar refractivity (Wildman–Crippen MR) is 106 cm³/mol. The molecule has 1 heterocycles. The molecule has 0 N–H and O–H groups in total. The number of hydrogen-bond donors (Lipinski definition) is 0. The molecular formula is C22H26N2O3. The Hall–Kier alpha value is -2.82. The standard InChI is InChI=1S/C22H26N2O3/c1-3-26-20-9-5-17(15-21(20)27-4-2)6-10-22(25)24(19-7-8-19)16-18-11-13-23-14-12-18/h5-6,9-15,19H,3-4,7-8,16H2,1-2H3/b10-6+. The first-order chi connectivity index (χ1) is 13.2. The van der Waals surface area contributed by atoms with Gasteiger partial charge in [0.15, 0.2) is 11.5 Å². The number of pyridine rings is 1. The molecule has 0 aliphatic heterocycles. The summed E-state index contributed by atoms with van der Waals surface area (Å²) in [7, 11) is 0. The van der Waals surface area contributed by atoms with Gasteiger partial charge in [0.05, 0.1) is 13.2 Å². The van der Waals surface area contributed by atoms with Gasteiger partial charge in [-0.3, -0.25) is 9.78 Å². The largest absolute Gasteiger partial charge is 0.490 e. The second kappa shape index (κ2) is 9.21. The summed E-state index contributed by atoms with van der Waals surface area (Å²) in [5.41, 5.74) is 2.01. The van der Waals surface area contributed by atoms with Gasteiger partial charge in [-0.15, -0.1) is 0 Å². The Labute approximate surface area is 160 Å². The first kappa shape index (κ1) is 19.0. The highest BCUT2D eigenvalue weighted by Crippen LogP contribution is 2.30. The normalized spacial score (nSPS) is 13.6. The van der Waals surface area contributed by atoms with Crippen LogP contribution in [0.1, 0.15) is 37.8 Å². The number of benzene rings is 1. The molecule has 1 fully saturated rings. The molecule has 3 rings (SSSR count). The quantitative estimate of drug-likeness (QED) is 0.628. The molecule has 27 heavy (non-hydrogen) atoms. The van der Waals surface area contributed by atoms with Crippen molar-refractivity contribution in [2.75, 3.05) is 13.2 Å². The molecule has 1 aliphatic rings. The van der Waals surface area contributed by atoms with Gasteiger partial charge >= 0.3 is 0 Å². The van der Waals surface area contributed by atoms with Crippen molar-refractivity contribution in [3.8, 4) is 11.5 Å². The van der Waals surface area contributed by atoms with E-state index in [9.17, 15) is 4.79 Å². The van der Waals surface area contributed by atoms with Gasteiger partial charge in [-0.1, -0.05) is 6.07 Å². The summed E-state index contributed by atoms with van der Waals surface area (Å²) < 4.78 is 11.2. The number of rotatable bonds is 9. The monoisotopic (exact) mass is 366 g/mol. The van der Waals surface area contributed by atoms with E-state index < -0.39 is 0 Å². The number of hydrogen-bond acceptors (Lipinski definition) is 4. The Morgan fingerprint density at radius 3 is 2.48 bits per heavy atom. The minimum absolute atomic E-state index is 0.0288. The molecule has 0 bridgehead atoms. The summed E-state index contributed by atoms with van der Waals surface area (Å²) in [5, 5.41) is 0. The van der Waals surface area contributed by atoms with E-state index in [2.05, 4.69) is 4.98 Å². The molecule has 1 aliphatic carbocycles. The van der Waals surface area contributed by atoms with Crippen molar-refractivity contribution in [2.45, 2.75) is 39.3 Å². The maximum absolute atomic E-state index is 12.8. The van der Waals surface area contributed by atoms with Gasteiger partial charge in [-0.05, 0) is 68.2 Å². The third-order valence-electron chi connectivity index (χ3n) is 4.36. The summed E-state index contributed by atoms with van der Waals surface area (Å²) >= 11 is 0. The summed E-state index contributed by atoms with van der Waals surface area (Å²) in [6.07, 6.45) is 9.14. The van der Waals surface area contributed by atoms with Gasteiger partial charge in [-0.2, -0.15) is 0 Å². The van der Waals surface area contributed by atoms with Crippen molar-refractivity contribution in [2.24, 2.45) is 0 Å².